The van der Waals surface area contributed by atoms with Crippen molar-refractivity contribution in [3.05, 3.63) is 101 Å². The number of nitrogens with one attached hydrogen (secondary N) is 2. The summed E-state index contributed by atoms with van der Waals surface area (Å²) in [5.41, 5.74) is 2.18. The van der Waals surface area contributed by atoms with E-state index in [2.05, 4.69) is 10.6 Å². The third kappa shape index (κ3) is 7.05. The van der Waals surface area contributed by atoms with Crippen molar-refractivity contribution in [1.82, 2.24) is 15.1 Å². The van der Waals surface area contributed by atoms with Gasteiger partial charge in [0.05, 0.1) is 0 Å². The quantitative estimate of drug-likeness (QED) is 0.399. The van der Waals surface area contributed by atoms with Crippen molar-refractivity contribution in [2.45, 2.75) is 30.8 Å². The monoisotopic (exact) mass is 552 g/mol. The molecule has 1 heterocycles. The third-order valence-electron chi connectivity index (χ3n) is 6.50. The molecule has 0 aromatic heterocycles. The van der Waals surface area contributed by atoms with E-state index in [9.17, 15) is 14.4 Å². The standard InChI is InChI=1S/C29H30Cl2N4O3/c1-20-19-34(15-16-35(20)29(38)32-24-14-8-13-23(30)18-24)28(37)25(17-21-9-4-2-5-10-21)33-27(36)26(31)22-11-6-3-7-12-22/h2-14,18,20,25-26H,15-17,19H2,1H3,(H,32,38)(H,33,36)/t20-,25+,26+/m1/s1. The first kappa shape index (κ1) is 27.5. The lowest BCUT2D eigenvalue weighted by atomic mass is 10.0. The molecule has 0 radical (unpaired) electrons. The van der Waals surface area contributed by atoms with Crippen LogP contribution in [0.4, 0.5) is 10.5 Å². The Kier molecular flexibility index (Phi) is 9.26. The highest BCUT2D eigenvalue weighted by Gasteiger charge is 2.34. The van der Waals surface area contributed by atoms with Crippen LogP contribution in [0.2, 0.25) is 5.02 Å². The van der Waals surface area contributed by atoms with Crippen LogP contribution in [-0.4, -0.2) is 59.4 Å². The predicted molar refractivity (Wildman–Crippen MR) is 150 cm³/mol. The van der Waals surface area contributed by atoms with Crippen LogP contribution >= 0.6 is 23.2 Å². The van der Waals surface area contributed by atoms with Gasteiger partial charge in [-0.15, -0.1) is 11.6 Å². The SMILES string of the molecule is C[C@@H]1CN(C(=O)[C@H](Cc2ccccc2)NC(=O)[C@@H](Cl)c2ccccc2)CCN1C(=O)Nc1cccc(Cl)c1. The summed E-state index contributed by atoms with van der Waals surface area (Å²) < 4.78 is 0. The molecule has 0 bridgehead atoms. The molecule has 9 heteroatoms. The number of alkyl halides is 1. The molecule has 0 unspecified atom stereocenters. The summed E-state index contributed by atoms with van der Waals surface area (Å²) >= 11 is 12.5. The van der Waals surface area contributed by atoms with Crippen LogP contribution in [0.3, 0.4) is 0 Å². The average molecular weight is 553 g/mol. The minimum Gasteiger partial charge on any atom is -0.342 e. The summed E-state index contributed by atoms with van der Waals surface area (Å²) in [6, 6.07) is 24.2. The zero-order valence-corrected chi connectivity index (χ0v) is 22.5. The summed E-state index contributed by atoms with van der Waals surface area (Å²) in [6.07, 6.45) is 0.327. The normalized spacial score (nSPS) is 16.9. The van der Waals surface area contributed by atoms with Crippen LogP contribution in [0.15, 0.2) is 84.9 Å². The van der Waals surface area contributed by atoms with E-state index in [4.69, 9.17) is 23.2 Å². The highest BCUT2D eigenvalue weighted by molar-refractivity contribution is 6.31. The Morgan fingerprint density at radius 2 is 1.63 bits per heavy atom. The summed E-state index contributed by atoms with van der Waals surface area (Å²) in [7, 11) is 0. The maximum Gasteiger partial charge on any atom is 0.322 e. The summed E-state index contributed by atoms with van der Waals surface area (Å²) in [5.74, 6) is -0.638. The van der Waals surface area contributed by atoms with Crippen molar-refractivity contribution in [3.8, 4) is 0 Å². The Hall–Kier alpha value is -3.55. The predicted octanol–water partition coefficient (Wildman–Crippen LogP) is 5.11. The van der Waals surface area contributed by atoms with Crippen molar-refractivity contribution in [3.63, 3.8) is 0 Å². The Morgan fingerprint density at radius 3 is 2.29 bits per heavy atom. The summed E-state index contributed by atoms with van der Waals surface area (Å²) in [5, 5.41) is 5.35. The minimum atomic E-state index is -0.923. The number of urea groups is 1. The first-order valence-electron chi connectivity index (χ1n) is 12.5. The lowest BCUT2D eigenvalue weighted by Gasteiger charge is -2.41. The summed E-state index contributed by atoms with van der Waals surface area (Å²) in [6.45, 7) is 2.93. The van der Waals surface area contributed by atoms with Gasteiger partial charge in [0.25, 0.3) is 0 Å². The molecule has 0 spiro atoms. The molecule has 3 aromatic rings. The maximum absolute atomic E-state index is 13.7. The number of benzene rings is 3. The fourth-order valence-corrected chi connectivity index (χ4v) is 4.91. The van der Waals surface area contributed by atoms with E-state index in [0.29, 0.717) is 42.3 Å². The van der Waals surface area contributed by atoms with E-state index >= 15 is 0 Å². The van der Waals surface area contributed by atoms with E-state index in [0.717, 1.165) is 5.56 Å². The van der Waals surface area contributed by atoms with Gasteiger partial charge in [0.1, 0.15) is 11.4 Å². The van der Waals surface area contributed by atoms with E-state index in [1.165, 1.54) is 0 Å². The molecule has 2 N–H and O–H groups in total. The van der Waals surface area contributed by atoms with Gasteiger partial charge in [0.15, 0.2) is 0 Å². The van der Waals surface area contributed by atoms with Crippen molar-refractivity contribution in [2.75, 3.05) is 25.0 Å². The van der Waals surface area contributed by atoms with E-state index in [-0.39, 0.29) is 18.0 Å². The molecule has 3 atom stereocenters. The largest absolute Gasteiger partial charge is 0.342 e. The highest BCUT2D eigenvalue weighted by Crippen LogP contribution is 2.22. The van der Waals surface area contributed by atoms with Gasteiger partial charge in [-0.1, -0.05) is 78.3 Å². The lowest BCUT2D eigenvalue weighted by Crippen LogP contribution is -2.60. The molecule has 198 valence electrons. The molecule has 1 aliphatic heterocycles. The number of hydrogen-bond donors (Lipinski definition) is 2. The van der Waals surface area contributed by atoms with E-state index < -0.39 is 17.3 Å². The number of carbonyl (C=O) groups excluding carboxylic acids is 3. The van der Waals surface area contributed by atoms with Crippen molar-refractivity contribution in [1.29, 1.82) is 0 Å². The summed E-state index contributed by atoms with van der Waals surface area (Å²) in [4.78, 5) is 43.0. The molecule has 1 fully saturated rings. The second kappa shape index (κ2) is 12.8. The smallest absolute Gasteiger partial charge is 0.322 e. The highest BCUT2D eigenvalue weighted by atomic mass is 35.5. The zero-order valence-electron chi connectivity index (χ0n) is 21.0. The van der Waals surface area contributed by atoms with Crippen molar-refractivity contribution < 1.29 is 14.4 Å². The van der Waals surface area contributed by atoms with Crippen molar-refractivity contribution in [2.24, 2.45) is 0 Å². The maximum atomic E-state index is 13.7. The second-order valence-corrected chi connectivity index (χ2v) is 10.2. The minimum absolute atomic E-state index is 0.208. The molecule has 7 nitrogen and oxygen atoms in total. The fraction of sp³-hybridized carbons (Fsp3) is 0.276. The molecular formula is C29H30Cl2N4O3. The first-order chi connectivity index (χ1) is 18.3. The molecule has 0 aliphatic carbocycles. The molecule has 38 heavy (non-hydrogen) atoms. The van der Waals surface area contributed by atoms with Crippen LogP contribution in [0.25, 0.3) is 0 Å². The van der Waals surface area contributed by atoms with Gasteiger partial charge in [-0.3, -0.25) is 9.59 Å². The Labute approximate surface area is 232 Å². The second-order valence-electron chi connectivity index (χ2n) is 9.29. The molecule has 4 rings (SSSR count). The molecule has 4 amide bonds. The number of piperazine rings is 1. The van der Waals surface area contributed by atoms with Crippen LogP contribution < -0.4 is 10.6 Å². The number of nitrogens with zero attached hydrogens (tertiary/aromatic N) is 2. The van der Waals surface area contributed by atoms with Crippen LogP contribution in [0, 0.1) is 0 Å². The number of amides is 4. The van der Waals surface area contributed by atoms with Gasteiger partial charge in [0.2, 0.25) is 11.8 Å². The number of halogens is 2. The first-order valence-corrected chi connectivity index (χ1v) is 13.3. The van der Waals surface area contributed by atoms with Crippen molar-refractivity contribution >= 4 is 46.7 Å². The van der Waals surface area contributed by atoms with Gasteiger partial charge in [-0.25, -0.2) is 4.79 Å². The number of anilines is 1. The van der Waals surface area contributed by atoms with Gasteiger partial charge in [0, 0.05) is 42.8 Å². The number of hydrogen-bond acceptors (Lipinski definition) is 3. The number of rotatable bonds is 7. The Balaban J connectivity index is 1.43. The Bertz CT molecular complexity index is 1260. The third-order valence-corrected chi connectivity index (χ3v) is 7.18. The lowest BCUT2D eigenvalue weighted by molar-refractivity contribution is -0.138. The van der Waals surface area contributed by atoms with E-state index in [1.54, 1.807) is 46.2 Å². The van der Waals surface area contributed by atoms with Gasteiger partial charge >= 0.3 is 6.03 Å². The molecule has 1 saturated heterocycles. The van der Waals surface area contributed by atoms with Crippen LogP contribution in [0.5, 0.6) is 0 Å². The molecule has 1 aliphatic rings. The van der Waals surface area contributed by atoms with E-state index in [1.807, 2.05) is 55.5 Å². The fourth-order valence-electron chi connectivity index (χ4n) is 4.51. The molecule has 3 aromatic carbocycles. The number of carbonyl (C=O) groups is 3. The topological polar surface area (TPSA) is 81.8 Å². The van der Waals surface area contributed by atoms with Crippen LogP contribution in [-0.2, 0) is 16.0 Å². The molecular weight excluding hydrogens is 523 g/mol. The van der Waals surface area contributed by atoms with Gasteiger partial charge in [-0.2, -0.15) is 0 Å². The zero-order chi connectivity index (χ0) is 27.1. The molecule has 0 saturated carbocycles. The van der Waals surface area contributed by atoms with Gasteiger partial charge in [-0.05, 0) is 36.2 Å². The Morgan fingerprint density at radius 1 is 0.947 bits per heavy atom. The average Bonchev–Trinajstić information content (AvgIpc) is 2.92. The van der Waals surface area contributed by atoms with Crippen LogP contribution in [0.1, 0.15) is 23.4 Å². The van der Waals surface area contributed by atoms with Gasteiger partial charge < -0.3 is 20.4 Å².